The molecule has 0 spiro atoms. The van der Waals surface area contributed by atoms with Gasteiger partial charge in [0.05, 0.1) is 6.04 Å². The molecule has 2 heterocycles. The van der Waals surface area contributed by atoms with Crippen LogP contribution in [0, 0.1) is 0 Å². The molecule has 1 aromatic heterocycles. The molecule has 0 aliphatic carbocycles. The summed E-state index contributed by atoms with van der Waals surface area (Å²) in [5.41, 5.74) is 0.614. The van der Waals surface area contributed by atoms with Crippen molar-refractivity contribution in [3.05, 3.63) is 23.9 Å². The van der Waals surface area contributed by atoms with Gasteiger partial charge in [0.2, 0.25) is 0 Å². The number of carbonyl (C=O) groups is 1. The van der Waals surface area contributed by atoms with Gasteiger partial charge in [0.15, 0.2) is 0 Å². The Kier molecular flexibility index (Phi) is 4.94. The van der Waals surface area contributed by atoms with Crippen LogP contribution in [0.1, 0.15) is 51.6 Å². The molecule has 1 aliphatic heterocycles. The lowest BCUT2D eigenvalue weighted by Gasteiger charge is -2.37. The molecule has 0 bridgehead atoms. The number of rotatable bonds is 2. The van der Waals surface area contributed by atoms with Gasteiger partial charge in [-0.25, -0.2) is 9.78 Å². The van der Waals surface area contributed by atoms with Crippen LogP contribution in [-0.2, 0) is 4.74 Å². The Morgan fingerprint density at radius 1 is 1.32 bits per heavy atom. The standard InChI is InChI=1S/C17H27N3O2/c1-17(2,3)22-16(21)20-11-7-6-8-14(20)13-9-10-15(18-12-13)19(4)5/h9-10,12,14H,6-8,11H2,1-5H3/t14-/m0/s1. The summed E-state index contributed by atoms with van der Waals surface area (Å²) in [5.74, 6) is 0.920. The molecule has 5 heteroatoms. The van der Waals surface area contributed by atoms with Crippen LogP contribution in [0.15, 0.2) is 18.3 Å². The van der Waals surface area contributed by atoms with Crippen LogP contribution < -0.4 is 4.90 Å². The van der Waals surface area contributed by atoms with Crippen molar-refractivity contribution in [2.75, 3.05) is 25.5 Å². The first-order chi connectivity index (χ1) is 10.3. The number of nitrogens with zero attached hydrogens (tertiary/aromatic N) is 3. The van der Waals surface area contributed by atoms with E-state index in [1.165, 1.54) is 0 Å². The summed E-state index contributed by atoms with van der Waals surface area (Å²) in [7, 11) is 3.94. The third kappa shape index (κ3) is 4.12. The average Bonchev–Trinajstić information content (AvgIpc) is 2.45. The Labute approximate surface area is 133 Å². The van der Waals surface area contributed by atoms with Gasteiger partial charge in [-0.1, -0.05) is 6.07 Å². The summed E-state index contributed by atoms with van der Waals surface area (Å²) in [5, 5.41) is 0. The van der Waals surface area contributed by atoms with Gasteiger partial charge < -0.3 is 14.5 Å². The van der Waals surface area contributed by atoms with E-state index in [1.807, 2.05) is 56.9 Å². The predicted octanol–water partition coefficient (Wildman–Crippen LogP) is 3.61. The first kappa shape index (κ1) is 16.6. The molecule has 1 aliphatic rings. The molecule has 2 rings (SSSR count). The van der Waals surface area contributed by atoms with E-state index in [4.69, 9.17) is 4.74 Å². The number of aromatic nitrogens is 1. The first-order valence-corrected chi connectivity index (χ1v) is 7.91. The number of pyridine rings is 1. The quantitative estimate of drug-likeness (QED) is 0.837. The van der Waals surface area contributed by atoms with Crippen LogP contribution in [0.3, 0.4) is 0 Å². The number of amides is 1. The highest BCUT2D eigenvalue weighted by Gasteiger charge is 2.31. The van der Waals surface area contributed by atoms with Gasteiger partial charge in [0.25, 0.3) is 0 Å². The fraction of sp³-hybridized carbons (Fsp3) is 0.647. The molecule has 1 saturated heterocycles. The number of hydrogen-bond donors (Lipinski definition) is 0. The largest absolute Gasteiger partial charge is 0.444 e. The van der Waals surface area contributed by atoms with Gasteiger partial charge in [0.1, 0.15) is 11.4 Å². The monoisotopic (exact) mass is 305 g/mol. The number of carbonyl (C=O) groups excluding carboxylic acids is 1. The van der Waals surface area contributed by atoms with E-state index in [1.54, 1.807) is 0 Å². The average molecular weight is 305 g/mol. The highest BCUT2D eigenvalue weighted by atomic mass is 16.6. The lowest BCUT2D eigenvalue weighted by atomic mass is 9.97. The third-order valence-corrected chi connectivity index (χ3v) is 3.74. The Bertz CT molecular complexity index is 506. The molecule has 0 unspecified atom stereocenters. The highest BCUT2D eigenvalue weighted by Crippen LogP contribution is 2.32. The second-order valence-corrected chi connectivity index (χ2v) is 7.03. The molecular weight excluding hydrogens is 278 g/mol. The van der Waals surface area contributed by atoms with Crippen LogP contribution in [0.25, 0.3) is 0 Å². The Hall–Kier alpha value is -1.78. The van der Waals surface area contributed by atoms with Crippen molar-refractivity contribution in [2.45, 2.75) is 51.7 Å². The van der Waals surface area contributed by atoms with E-state index in [9.17, 15) is 4.79 Å². The second-order valence-electron chi connectivity index (χ2n) is 7.03. The number of likely N-dealkylation sites (tertiary alicyclic amines) is 1. The van der Waals surface area contributed by atoms with Crippen molar-refractivity contribution in [3.8, 4) is 0 Å². The van der Waals surface area contributed by atoms with Crippen LogP contribution in [0.5, 0.6) is 0 Å². The van der Waals surface area contributed by atoms with E-state index in [2.05, 4.69) is 11.1 Å². The highest BCUT2D eigenvalue weighted by molar-refractivity contribution is 5.69. The molecule has 22 heavy (non-hydrogen) atoms. The van der Waals surface area contributed by atoms with E-state index in [0.717, 1.165) is 37.2 Å². The molecule has 1 fully saturated rings. The summed E-state index contributed by atoms with van der Waals surface area (Å²) >= 11 is 0. The normalized spacial score (nSPS) is 19.0. The zero-order valence-electron chi connectivity index (χ0n) is 14.3. The number of anilines is 1. The van der Waals surface area contributed by atoms with E-state index >= 15 is 0 Å². The minimum absolute atomic E-state index is 0.0623. The Morgan fingerprint density at radius 3 is 2.59 bits per heavy atom. The topological polar surface area (TPSA) is 45.7 Å². The van der Waals surface area contributed by atoms with Gasteiger partial charge in [-0.15, -0.1) is 0 Å². The molecule has 0 aromatic carbocycles. The second kappa shape index (κ2) is 6.55. The van der Waals surface area contributed by atoms with Crippen molar-refractivity contribution < 1.29 is 9.53 Å². The smallest absolute Gasteiger partial charge is 0.410 e. The number of hydrogen-bond acceptors (Lipinski definition) is 4. The minimum atomic E-state index is -0.466. The predicted molar refractivity (Wildman–Crippen MR) is 88.1 cm³/mol. The molecular formula is C17H27N3O2. The maximum Gasteiger partial charge on any atom is 0.410 e. The number of piperidine rings is 1. The maximum absolute atomic E-state index is 12.4. The van der Waals surface area contributed by atoms with Crippen molar-refractivity contribution in [3.63, 3.8) is 0 Å². The van der Waals surface area contributed by atoms with E-state index in [0.29, 0.717) is 0 Å². The molecule has 0 N–H and O–H groups in total. The summed E-state index contributed by atoms with van der Waals surface area (Å²) in [6, 6.07) is 4.12. The van der Waals surface area contributed by atoms with Crippen molar-refractivity contribution in [2.24, 2.45) is 0 Å². The number of ether oxygens (including phenoxy) is 1. The van der Waals surface area contributed by atoms with Gasteiger partial charge in [0, 0.05) is 26.8 Å². The summed E-state index contributed by atoms with van der Waals surface area (Å²) < 4.78 is 5.55. The van der Waals surface area contributed by atoms with Crippen LogP contribution in [-0.4, -0.2) is 42.2 Å². The first-order valence-electron chi connectivity index (χ1n) is 7.91. The molecule has 0 radical (unpaired) electrons. The summed E-state index contributed by atoms with van der Waals surface area (Å²) in [4.78, 5) is 20.7. The summed E-state index contributed by atoms with van der Waals surface area (Å²) in [6.07, 6.45) is 4.76. The zero-order chi connectivity index (χ0) is 16.3. The fourth-order valence-electron chi connectivity index (χ4n) is 2.68. The molecule has 5 nitrogen and oxygen atoms in total. The van der Waals surface area contributed by atoms with E-state index in [-0.39, 0.29) is 12.1 Å². The lowest BCUT2D eigenvalue weighted by molar-refractivity contribution is 0.00948. The third-order valence-electron chi connectivity index (χ3n) is 3.74. The Morgan fingerprint density at radius 2 is 2.05 bits per heavy atom. The van der Waals surface area contributed by atoms with Crippen LogP contribution >= 0.6 is 0 Å². The molecule has 0 saturated carbocycles. The van der Waals surface area contributed by atoms with Gasteiger partial charge in [-0.05, 0) is 51.7 Å². The molecule has 122 valence electrons. The van der Waals surface area contributed by atoms with E-state index < -0.39 is 5.60 Å². The zero-order valence-corrected chi connectivity index (χ0v) is 14.3. The summed E-state index contributed by atoms with van der Waals surface area (Å²) in [6.45, 7) is 6.45. The minimum Gasteiger partial charge on any atom is -0.444 e. The van der Waals surface area contributed by atoms with Crippen LogP contribution in [0.2, 0.25) is 0 Å². The van der Waals surface area contributed by atoms with Gasteiger partial charge in [-0.3, -0.25) is 0 Å². The lowest BCUT2D eigenvalue weighted by Crippen LogP contribution is -2.41. The van der Waals surface area contributed by atoms with Crippen molar-refractivity contribution in [1.29, 1.82) is 0 Å². The maximum atomic E-state index is 12.4. The SMILES string of the molecule is CN(C)c1ccc([C@@H]2CCCCN2C(=O)OC(C)(C)C)cn1. The van der Waals surface area contributed by atoms with Crippen molar-refractivity contribution in [1.82, 2.24) is 9.88 Å². The van der Waals surface area contributed by atoms with Gasteiger partial charge in [-0.2, -0.15) is 0 Å². The molecule has 1 aromatic rings. The van der Waals surface area contributed by atoms with Crippen LogP contribution in [0.4, 0.5) is 10.6 Å². The molecule has 1 atom stereocenters. The Balaban J connectivity index is 2.17. The fourth-order valence-corrected chi connectivity index (χ4v) is 2.68. The van der Waals surface area contributed by atoms with Crippen molar-refractivity contribution >= 4 is 11.9 Å². The molecule has 1 amide bonds. The van der Waals surface area contributed by atoms with Gasteiger partial charge >= 0.3 is 6.09 Å².